The zero-order valence-corrected chi connectivity index (χ0v) is 18.2. The van der Waals surface area contributed by atoms with Gasteiger partial charge in [-0.05, 0) is 82.1 Å². The first kappa shape index (κ1) is 20.9. The Hall–Kier alpha value is -2.38. The van der Waals surface area contributed by atoms with Gasteiger partial charge in [-0.2, -0.15) is 0 Å². The van der Waals surface area contributed by atoms with Gasteiger partial charge in [0.05, 0.1) is 4.90 Å². The average molecular weight is 428 g/mol. The van der Waals surface area contributed by atoms with Crippen molar-refractivity contribution in [1.82, 2.24) is 9.80 Å². The van der Waals surface area contributed by atoms with E-state index in [1.165, 1.54) is 25.0 Å². The zero-order chi connectivity index (χ0) is 21.1. The summed E-state index contributed by atoms with van der Waals surface area (Å²) < 4.78 is 27.9. The molecule has 1 unspecified atom stereocenters. The molecule has 30 heavy (non-hydrogen) atoms. The Bertz CT molecular complexity index is 981. The van der Waals surface area contributed by atoms with E-state index in [9.17, 15) is 13.2 Å². The van der Waals surface area contributed by atoms with E-state index in [-0.39, 0.29) is 16.8 Å². The van der Waals surface area contributed by atoms with Crippen molar-refractivity contribution in [3.05, 3.63) is 59.7 Å². The first-order valence-electron chi connectivity index (χ1n) is 10.7. The fraction of sp³-hybridized carbons (Fsp3) is 0.435. The van der Waals surface area contributed by atoms with Gasteiger partial charge in [0.2, 0.25) is 0 Å². The fourth-order valence-corrected chi connectivity index (χ4v) is 5.39. The molecular formula is C23H29N3O3S. The molecular weight excluding hydrogens is 398 g/mol. The molecule has 2 saturated heterocycles. The number of carbonyl (C=O) groups excluding carboxylic acids is 1. The molecule has 2 fully saturated rings. The number of sulfonamides is 1. The minimum atomic E-state index is -3.70. The van der Waals surface area contributed by atoms with Crippen LogP contribution in [0.4, 0.5) is 5.69 Å². The summed E-state index contributed by atoms with van der Waals surface area (Å²) in [5.41, 5.74) is 2.12. The van der Waals surface area contributed by atoms with Crippen LogP contribution in [0.5, 0.6) is 0 Å². The number of nitrogens with zero attached hydrogens (tertiary/aromatic N) is 2. The number of anilines is 1. The van der Waals surface area contributed by atoms with E-state index in [0.717, 1.165) is 44.6 Å². The lowest BCUT2D eigenvalue weighted by molar-refractivity contribution is 0.0708. The molecule has 2 heterocycles. The highest BCUT2D eigenvalue weighted by atomic mass is 32.2. The summed E-state index contributed by atoms with van der Waals surface area (Å²) in [6, 6.07) is 13.7. The molecule has 2 aliphatic heterocycles. The molecule has 0 spiro atoms. The molecule has 2 aliphatic rings. The fourth-order valence-electron chi connectivity index (χ4n) is 4.33. The third kappa shape index (κ3) is 4.68. The lowest BCUT2D eigenvalue weighted by Gasteiger charge is -2.28. The number of rotatable bonds is 6. The molecule has 160 valence electrons. The molecule has 0 bridgehead atoms. The molecule has 4 rings (SSSR count). The smallest absolute Gasteiger partial charge is 0.261 e. The first-order chi connectivity index (χ1) is 14.4. The summed E-state index contributed by atoms with van der Waals surface area (Å²) in [5, 5.41) is 0. The van der Waals surface area contributed by atoms with Crippen LogP contribution in [0, 0.1) is 6.92 Å². The third-order valence-corrected chi connectivity index (χ3v) is 7.42. The van der Waals surface area contributed by atoms with Gasteiger partial charge in [0.1, 0.15) is 0 Å². The molecule has 0 radical (unpaired) electrons. The summed E-state index contributed by atoms with van der Waals surface area (Å²) in [5.74, 6) is -0.00728. The van der Waals surface area contributed by atoms with E-state index in [4.69, 9.17) is 0 Å². The Balaban J connectivity index is 1.44. The number of benzene rings is 2. The maximum atomic E-state index is 13.1. The molecule has 6 nitrogen and oxygen atoms in total. The highest BCUT2D eigenvalue weighted by Crippen LogP contribution is 2.24. The van der Waals surface area contributed by atoms with Gasteiger partial charge in [0.25, 0.3) is 15.9 Å². The first-order valence-corrected chi connectivity index (χ1v) is 12.1. The SMILES string of the molecule is Cc1ccc(NS(=O)(=O)c2ccc(C(=O)N3CCCC3CN3CCCC3)cc2)cc1. The molecule has 0 aromatic heterocycles. The van der Waals surface area contributed by atoms with E-state index in [1.807, 2.05) is 24.0 Å². The Kier molecular flexibility index (Phi) is 6.11. The van der Waals surface area contributed by atoms with E-state index >= 15 is 0 Å². The van der Waals surface area contributed by atoms with Crippen molar-refractivity contribution in [3.63, 3.8) is 0 Å². The summed E-state index contributed by atoms with van der Waals surface area (Å²) in [6.07, 6.45) is 4.55. The Morgan fingerprint density at radius 3 is 2.30 bits per heavy atom. The van der Waals surface area contributed by atoms with Crippen LogP contribution in [-0.4, -0.2) is 56.3 Å². The summed E-state index contributed by atoms with van der Waals surface area (Å²) in [6.45, 7) is 5.91. The van der Waals surface area contributed by atoms with Gasteiger partial charge in [0.15, 0.2) is 0 Å². The van der Waals surface area contributed by atoms with Gasteiger partial charge in [-0.3, -0.25) is 9.52 Å². The van der Waals surface area contributed by atoms with E-state index < -0.39 is 10.0 Å². The molecule has 0 aliphatic carbocycles. The Morgan fingerprint density at radius 2 is 1.63 bits per heavy atom. The average Bonchev–Trinajstić information content (AvgIpc) is 3.42. The van der Waals surface area contributed by atoms with Crippen LogP contribution in [0.2, 0.25) is 0 Å². The number of hydrogen-bond donors (Lipinski definition) is 1. The predicted molar refractivity (Wildman–Crippen MR) is 118 cm³/mol. The van der Waals surface area contributed by atoms with Gasteiger partial charge in [-0.1, -0.05) is 17.7 Å². The van der Waals surface area contributed by atoms with Crippen molar-refractivity contribution in [2.45, 2.75) is 43.5 Å². The molecule has 1 N–H and O–H groups in total. The second-order valence-electron chi connectivity index (χ2n) is 8.30. The second-order valence-corrected chi connectivity index (χ2v) is 9.98. The van der Waals surface area contributed by atoms with Crippen LogP contribution in [0.15, 0.2) is 53.4 Å². The molecule has 1 amide bonds. The third-order valence-electron chi connectivity index (χ3n) is 6.02. The molecule has 1 atom stereocenters. The van der Waals surface area contributed by atoms with Crippen LogP contribution in [0.25, 0.3) is 0 Å². The summed E-state index contributed by atoms with van der Waals surface area (Å²) >= 11 is 0. The van der Waals surface area contributed by atoms with E-state index in [1.54, 1.807) is 24.3 Å². The van der Waals surface area contributed by atoms with Crippen molar-refractivity contribution in [2.75, 3.05) is 30.9 Å². The maximum absolute atomic E-state index is 13.1. The van der Waals surface area contributed by atoms with Crippen LogP contribution in [0.3, 0.4) is 0 Å². The van der Waals surface area contributed by atoms with E-state index in [2.05, 4.69) is 9.62 Å². The highest BCUT2D eigenvalue weighted by molar-refractivity contribution is 7.92. The lowest BCUT2D eigenvalue weighted by Crippen LogP contribution is -2.42. The lowest BCUT2D eigenvalue weighted by atomic mass is 10.1. The number of nitrogens with one attached hydrogen (secondary N) is 1. The summed E-state index contributed by atoms with van der Waals surface area (Å²) in [4.78, 5) is 17.6. The second kappa shape index (κ2) is 8.78. The van der Waals surface area contributed by atoms with Gasteiger partial charge in [-0.25, -0.2) is 8.42 Å². The van der Waals surface area contributed by atoms with Crippen molar-refractivity contribution >= 4 is 21.6 Å². The number of carbonyl (C=O) groups is 1. The van der Waals surface area contributed by atoms with E-state index in [0.29, 0.717) is 11.3 Å². The molecule has 0 saturated carbocycles. The minimum Gasteiger partial charge on any atom is -0.334 e. The van der Waals surface area contributed by atoms with Crippen molar-refractivity contribution < 1.29 is 13.2 Å². The van der Waals surface area contributed by atoms with Crippen LogP contribution in [-0.2, 0) is 10.0 Å². The molecule has 2 aromatic carbocycles. The number of amides is 1. The van der Waals surface area contributed by atoms with Gasteiger partial charge < -0.3 is 9.80 Å². The standard InChI is InChI=1S/C23H29N3O3S/c1-18-6-10-20(11-7-18)24-30(28,29)22-12-8-19(9-13-22)23(27)26-16-4-5-21(26)17-25-14-2-3-15-25/h6-13,21,24H,2-5,14-17H2,1H3. The van der Waals surface area contributed by atoms with Crippen LogP contribution >= 0.6 is 0 Å². The van der Waals surface area contributed by atoms with Gasteiger partial charge in [0, 0.05) is 30.4 Å². The minimum absolute atomic E-state index is 0.00728. The van der Waals surface area contributed by atoms with Gasteiger partial charge in [-0.15, -0.1) is 0 Å². The number of hydrogen-bond acceptors (Lipinski definition) is 4. The summed E-state index contributed by atoms with van der Waals surface area (Å²) in [7, 11) is -3.70. The van der Waals surface area contributed by atoms with Crippen molar-refractivity contribution in [2.24, 2.45) is 0 Å². The quantitative estimate of drug-likeness (QED) is 0.766. The molecule has 7 heteroatoms. The van der Waals surface area contributed by atoms with Gasteiger partial charge >= 0.3 is 0 Å². The van der Waals surface area contributed by atoms with Crippen molar-refractivity contribution in [3.8, 4) is 0 Å². The number of aryl methyl sites for hydroxylation is 1. The van der Waals surface area contributed by atoms with Crippen molar-refractivity contribution in [1.29, 1.82) is 0 Å². The maximum Gasteiger partial charge on any atom is 0.261 e. The Morgan fingerprint density at radius 1 is 0.967 bits per heavy atom. The zero-order valence-electron chi connectivity index (χ0n) is 17.4. The largest absolute Gasteiger partial charge is 0.334 e. The normalized spacial score (nSPS) is 19.9. The molecule has 2 aromatic rings. The Labute approximate surface area is 178 Å². The topological polar surface area (TPSA) is 69.7 Å². The van der Waals surface area contributed by atoms with Crippen LogP contribution in [0.1, 0.15) is 41.6 Å². The van der Waals surface area contributed by atoms with Crippen LogP contribution < -0.4 is 4.72 Å². The number of likely N-dealkylation sites (tertiary alicyclic amines) is 2. The highest BCUT2D eigenvalue weighted by Gasteiger charge is 2.31. The predicted octanol–water partition coefficient (Wildman–Crippen LogP) is 3.50. The monoisotopic (exact) mass is 427 g/mol.